The van der Waals surface area contributed by atoms with Crippen LogP contribution in [0.3, 0.4) is 0 Å². The molecule has 5 nitrogen and oxygen atoms in total. The lowest BCUT2D eigenvalue weighted by atomic mass is 10.1. The molecule has 0 heterocycles. The maximum absolute atomic E-state index is 13.1. The number of carbonyl (C=O) groups excluding carboxylic acids is 2. The number of benzene rings is 2. The minimum atomic E-state index is -0.366. The highest BCUT2D eigenvalue weighted by molar-refractivity contribution is 5.94. The molecule has 0 aromatic heterocycles. The van der Waals surface area contributed by atoms with Crippen LogP contribution in [0.1, 0.15) is 29.3 Å². The van der Waals surface area contributed by atoms with Crippen molar-refractivity contribution in [3.8, 4) is 5.75 Å². The summed E-state index contributed by atoms with van der Waals surface area (Å²) in [5.41, 5.74) is 1.22. The van der Waals surface area contributed by atoms with Crippen molar-refractivity contribution in [2.24, 2.45) is 0 Å². The normalized spacial score (nSPS) is 10.3. The van der Waals surface area contributed by atoms with Gasteiger partial charge >= 0.3 is 5.97 Å². The standard InChI is InChI=1S/C20H22FNO4/c1-3-26-19(23)11-12-22(14-15-7-9-17(21)10-8-15)20(24)16-5-4-6-18(13-16)25-2/h4-10,13H,3,11-12,14H2,1-2H3. The van der Waals surface area contributed by atoms with E-state index in [0.717, 1.165) is 5.56 Å². The zero-order chi connectivity index (χ0) is 18.9. The summed E-state index contributed by atoms with van der Waals surface area (Å²) >= 11 is 0. The van der Waals surface area contributed by atoms with Crippen LogP contribution in [-0.2, 0) is 16.1 Å². The third-order valence-electron chi connectivity index (χ3n) is 3.78. The molecule has 6 heteroatoms. The van der Waals surface area contributed by atoms with Crippen molar-refractivity contribution < 1.29 is 23.5 Å². The second-order valence-corrected chi connectivity index (χ2v) is 5.64. The zero-order valence-corrected chi connectivity index (χ0v) is 14.9. The molecular weight excluding hydrogens is 337 g/mol. The quantitative estimate of drug-likeness (QED) is 0.678. The van der Waals surface area contributed by atoms with Crippen LogP contribution < -0.4 is 4.74 Å². The molecule has 0 unspecified atom stereocenters. The number of ether oxygens (including phenoxy) is 2. The number of hydrogen-bond donors (Lipinski definition) is 0. The van der Waals surface area contributed by atoms with E-state index in [9.17, 15) is 14.0 Å². The number of methoxy groups -OCH3 is 1. The number of amides is 1. The Bertz CT molecular complexity index is 746. The summed E-state index contributed by atoms with van der Waals surface area (Å²) < 4.78 is 23.2. The first kappa shape index (κ1) is 19.4. The van der Waals surface area contributed by atoms with E-state index in [4.69, 9.17) is 9.47 Å². The van der Waals surface area contributed by atoms with Crippen LogP contribution in [-0.4, -0.2) is 37.0 Å². The highest BCUT2D eigenvalue weighted by Crippen LogP contribution is 2.16. The van der Waals surface area contributed by atoms with Gasteiger partial charge < -0.3 is 14.4 Å². The number of halogens is 1. The number of nitrogens with zero attached hydrogens (tertiary/aromatic N) is 1. The van der Waals surface area contributed by atoms with Crippen LogP contribution in [0.5, 0.6) is 5.75 Å². The maximum atomic E-state index is 13.1. The van der Waals surface area contributed by atoms with Crippen molar-refractivity contribution in [2.75, 3.05) is 20.3 Å². The number of carbonyl (C=O) groups is 2. The molecule has 0 aliphatic rings. The van der Waals surface area contributed by atoms with Gasteiger partial charge in [0.05, 0.1) is 20.1 Å². The monoisotopic (exact) mass is 359 g/mol. The van der Waals surface area contributed by atoms with Gasteiger partial charge in [-0.3, -0.25) is 9.59 Å². The summed E-state index contributed by atoms with van der Waals surface area (Å²) in [6, 6.07) is 12.7. The van der Waals surface area contributed by atoms with E-state index >= 15 is 0 Å². The predicted octanol–water partition coefficient (Wildman–Crippen LogP) is 3.43. The van der Waals surface area contributed by atoms with Crippen LogP contribution in [0.2, 0.25) is 0 Å². The molecule has 0 bridgehead atoms. The van der Waals surface area contributed by atoms with Gasteiger partial charge in [0, 0.05) is 18.7 Å². The van der Waals surface area contributed by atoms with Crippen LogP contribution >= 0.6 is 0 Å². The zero-order valence-electron chi connectivity index (χ0n) is 14.9. The molecule has 1 amide bonds. The average molecular weight is 359 g/mol. The van der Waals surface area contributed by atoms with E-state index < -0.39 is 0 Å². The molecule has 0 fully saturated rings. The van der Waals surface area contributed by atoms with Gasteiger partial charge in [-0.25, -0.2) is 4.39 Å². The lowest BCUT2D eigenvalue weighted by Gasteiger charge is -2.23. The third kappa shape index (κ3) is 5.58. The summed E-state index contributed by atoms with van der Waals surface area (Å²) in [5, 5.41) is 0. The first-order chi connectivity index (χ1) is 12.5. The summed E-state index contributed by atoms with van der Waals surface area (Å²) in [4.78, 5) is 26.1. The summed E-state index contributed by atoms with van der Waals surface area (Å²) in [6.45, 7) is 2.48. The van der Waals surface area contributed by atoms with Crippen molar-refractivity contribution in [1.29, 1.82) is 0 Å². The van der Waals surface area contributed by atoms with Crippen molar-refractivity contribution in [3.63, 3.8) is 0 Å². The molecule has 2 aromatic carbocycles. The van der Waals surface area contributed by atoms with Gasteiger partial charge in [0.2, 0.25) is 0 Å². The van der Waals surface area contributed by atoms with Gasteiger partial charge in [-0.1, -0.05) is 18.2 Å². The molecule has 0 radical (unpaired) electrons. The van der Waals surface area contributed by atoms with Crippen LogP contribution in [0.4, 0.5) is 4.39 Å². The van der Waals surface area contributed by atoms with Gasteiger partial charge in [0.15, 0.2) is 0 Å². The average Bonchev–Trinajstić information content (AvgIpc) is 2.66. The fourth-order valence-corrected chi connectivity index (χ4v) is 2.46. The Morgan fingerprint density at radius 2 is 1.85 bits per heavy atom. The Kier molecular flexibility index (Phi) is 7.14. The second-order valence-electron chi connectivity index (χ2n) is 5.64. The van der Waals surface area contributed by atoms with E-state index in [1.54, 1.807) is 48.2 Å². The Morgan fingerprint density at radius 1 is 1.12 bits per heavy atom. The summed E-state index contributed by atoms with van der Waals surface area (Å²) in [6.07, 6.45) is 0.0880. The SMILES string of the molecule is CCOC(=O)CCN(Cc1ccc(F)cc1)C(=O)c1cccc(OC)c1. The van der Waals surface area contributed by atoms with Gasteiger partial charge in [-0.05, 0) is 42.8 Å². The molecule has 0 saturated carbocycles. The minimum Gasteiger partial charge on any atom is -0.497 e. The highest BCUT2D eigenvalue weighted by atomic mass is 19.1. The largest absolute Gasteiger partial charge is 0.497 e. The van der Waals surface area contributed by atoms with Gasteiger partial charge in [0.25, 0.3) is 5.91 Å². The van der Waals surface area contributed by atoms with E-state index in [2.05, 4.69) is 0 Å². The van der Waals surface area contributed by atoms with Crippen LogP contribution in [0, 0.1) is 5.82 Å². The molecule has 0 aliphatic heterocycles. The molecule has 26 heavy (non-hydrogen) atoms. The van der Waals surface area contributed by atoms with Crippen molar-refractivity contribution in [3.05, 3.63) is 65.5 Å². The second kappa shape index (κ2) is 9.56. The van der Waals surface area contributed by atoms with Crippen LogP contribution in [0.25, 0.3) is 0 Å². The first-order valence-electron chi connectivity index (χ1n) is 8.37. The van der Waals surface area contributed by atoms with Crippen LogP contribution in [0.15, 0.2) is 48.5 Å². The lowest BCUT2D eigenvalue weighted by molar-refractivity contribution is -0.143. The molecule has 0 atom stereocenters. The molecule has 0 saturated heterocycles. The molecular formula is C20H22FNO4. The van der Waals surface area contributed by atoms with Gasteiger partial charge in [0.1, 0.15) is 11.6 Å². The Hall–Kier alpha value is -2.89. The Balaban J connectivity index is 2.18. The minimum absolute atomic E-state index is 0.0880. The fourth-order valence-electron chi connectivity index (χ4n) is 2.46. The van der Waals surface area contributed by atoms with Crippen molar-refractivity contribution in [1.82, 2.24) is 4.90 Å². The summed E-state index contributed by atoms with van der Waals surface area (Å²) in [5.74, 6) is -0.374. The molecule has 2 rings (SSSR count). The molecule has 2 aromatic rings. The Morgan fingerprint density at radius 3 is 2.50 bits per heavy atom. The third-order valence-corrected chi connectivity index (χ3v) is 3.78. The molecule has 0 aliphatic carbocycles. The van der Waals surface area contributed by atoms with Gasteiger partial charge in [-0.15, -0.1) is 0 Å². The molecule has 138 valence electrons. The number of rotatable bonds is 8. The maximum Gasteiger partial charge on any atom is 0.307 e. The molecule has 0 N–H and O–H groups in total. The van der Waals surface area contributed by atoms with E-state index in [-0.39, 0.29) is 37.2 Å². The fraction of sp³-hybridized carbons (Fsp3) is 0.300. The number of esters is 1. The predicted molar refractivity (Wildman–Crippen MR) is 95.4 cm³/mol. The van der Waals surface area contributed by atoms with Crippen molar-refractivity contribution >= 4 is 11.9 Å². The van der Waals surface area contributed by atoms with E-state index in [1.807, 2.05) is 0 Å². The smallest absolute Gasteiger partial charge is 0.307 e. The first-order valence-corrected chi connectivity index (χ1v) is 8.37. The highest BCUT2D eigenvalue weighted by Gasteiger charge is 2.18. The lowest BCUT2D eigenvalue weighted by Crippen LogP contribution is -2.33. The topological polar surface area (TPSA) is 55.8 Å². The number of hydrogen-bond acceptors (Lipinski definition) is 4. The van der Waals surface area contributed by atoms with E-state index in [1.165, 1.54) is 19.2 Å². The van der Waals surface area contributed by atoms with E-state index in [0.29, 0.717) is 17.9 Å². The van der Waals surface area contributed by atoms with Gasteiger partial charge in [-0.2, -0.15) is 0 Å². The Labute approximate surface area is 152 Å². The van der Waals surface area contributed by atoms with Crippen molar-refractivity contribution in [2.45, 2.75) is 19.9 Å². The molecule has 0 spiro atoms. The summed E-state index contributed by atoms with van der Waals surface area (Å²) in [7, 11) is 1.53.